The standard InChI is InChI=1S/3C9H10S.Sb/c3*1-7(2)8-3-5-9(10)6-4-8;/h3*3-6,10H,1H2,2H3;/q;;;+3/p-3. The number of hydrogen-bond donors (Lipinski definition) is 0. The second-order valence-electron chi connectivity index (χ2n) is 7.41. The molecule has 0 atom stereocenters. The van der Waals surface area contributed by atoms with Gasteiger partial charge in [0.15, 0.2) is 0 Å². The van der Waals surface area contributed by atoms with Crippen LogP contribution in [0.4, 0.5) is 0 Å². The van der Waals surface area contributed by atoms with Gasteiger partial charge in [0.2, 0.25) is 0 Å². The first-order valence-electron chi connectivity index (χ1n) is 9.93. The van der Waals surface area contributed by atoms with Gasteiger partial charge in [-0.3, -0.25) is 0 Å². The second-order valence-corrected chi connectivity index (χ2v) is 27.3. The normalized spacial score (nSPS) is 10.8. The third-order valence-electron chi connectivity index (χ3n) is 4.58. The molecule has 0 bridgehead atoms. The van der Waals surface area contributed by atoms with Gasteiger partial charge >= 0.3 is 204 Å². The van der Waals surface area contributed by atoms with Crippen LogP contribution in [0.3, 0.4) is 0 Å². The van der Waals surface area contributed by atoms with Gasteiger partial charge in [0, 0.05) is 0 Å². The molecule has 0 N–H and O–H groups in total. The molecule has 0 spiro atoms. The predicted molar refractivity (Wildman–Crippen MR) is 147 cm³/mol. The fourth-order valence-corrected chi connectivity index (χ4v) is 25.3. The van der Waals surface area contributed by atoms with Crippen molar-refractivity contribution in [1.82, 2.24) is 0 Å². The molecule has 0 unspecified atom stereocenters. The van der Waals surface area contributed by atoms with Crippen molar-refractivity contribution in [3.05, 3.63) is 109 Å². The third-order valence-corrected chi connectivity index (χ3v) is 24.7. The Labute approximate surface area is 202 Å². The summed E-state index contributed by atoms with van der Waals surface area (Å²) in [4.78, 5) is 4.01. The van der Waals surface area contributed by atoms with Gasteiger partial charge in [0.05, 0.1) is 0 Å². The van der Waals surface area contributed by atoms with E-state index in [1.807, 2.05) is 0 Å². The second kappa shape index (κ2) is 11.6. The Bertz CT molecular complexity index is 924. The van der Waals surface area contributed by atoms with Gasteiger partial charge in [-0.2, -0.15) is 0 Å². The van der Waals surface area contributed by atoms with Crippen LogP contribution in [-0.2, 0) is 0 Å². The fourth-order valence-electron chi connectivity index (χ4n) is 2.72. The van der Waals surface area contributed by atoms with Crippen LogP contribution >= 0.6 is 26.5 Å². The molecule has 0 amide bonds. The maximum atomic E-state index is 4.05. The quantitative estimate of drug-likeness (QED) is 0.236. The summed E-state index contributed by atoms with van der Waals surface area (Å²) >= 11 is -1.87. The van der Waals surface area contributed by atoms with Crippen LogP contribution < -0.4 is 0 Å². The molecule has 3 rings (SSSR count). The summed E-state index contributed by atoms with van der Waals surface area (Å²) in [6, 6.07) is 26.5. The molecule has 0 saturated heterocycles. The summed E-state index contributed by atoms with van der Waals surface area (Å²) in [6.45, 7) is 18.3. The Morgan fingerprint density at radius 2 is 0.710 bits per heavy atom. The van der Waals surface area contributed by atoms with Crippen LogP contribution in [0, 0.1) is 0 Å². The zero-order valence-electron chi connectivity index (χ0n) is 18.2. The average molecular weight is 569 g/mol. The molecule has 4 heteroatoms. The van der Waals surface area contributed by atoms with E-state index in [0.29, 0.717) is 0 Å². The van der Waals surface area contributed by atoms with Crippen molar-refractivity contribution in [2.75, 3.05) is 0 Å². The molecule has 0 heterocycles. The predicted octanol–water partition coefficient (Wildman–Crippen LogP) is 9.45. The molecule has 0 nitrogen and oxygen atoms in total. The van der Waals surface area contributed by atoms with Crippen LogP contribution in [0.2, 0.25) is 0 Å². The van der Waals surface area contributed by atoms with E-state index in [2.05, 4.69) is 140 Å². The van der Waals surface area contributed by atoms with E-state index < -0.39 is 16.0 Å². The first-order valence-corrected chi connectivity index (χ1v) is 21.6. The van der Waals surface area contributed by atoms with Crippen molar-refractivity contribution in [3.8, 4) is 0 Å². The summed E-state index contributed by atoms with van der Waals surface area (Å²) in [7, 11) is 6.19. The van der Waals surface area contributed by atoms with Gasteiger partial charge in [-0.05, 0) is 0 Å². The van der Waals surface area contributed by atoms with Crippen LogP contribution in [0.15, 0.2) is 107 Å². The molecule has 31 heavy (non-hydrogen) atoms. The Hall–Kier alpha value is -1.25. The monoisotopic (exact) mass is 568 g/mol. The Morgan fingerprint density at radius 3 is 0.903 bits per heavy atom. The van der Waals surface area contributed by atoms with Gasteiger partial charge in [0.25, 0.3) is 0 Å². The first kappa shape index (κ1) is 24.4. The van der Waals surface area contributed by atoms with Crippen LogP contribution in [-0.4, -0.2) is 16.0 Å². The maximum absolute atomic E-state index is 4.05. The molecule has 0 aromatic heterocycles. The number of hydrogen-bond acceptors (Lipinski definition) is 3. The number of rotatable bonds is 9. The van der Waals surface area contributed by atoms with E-state index >= 15 is 0 Å². The molecule has 0 radical (unpaired) electrons. The summed E-state index contributed by atoms with van der Waals surface area (Å²) in [5.74, 6) is 0. The van der Waals surface area contributed by atoms with E-state index in [-0.39, 0.29) is 0 Å². The van der Waals surface area contributed by atoms with Gasteiger partial charge in [-0.15, -0.1) is 0 Å². The molecule has 0 aliphatic rings. The van der Waals surface area contributed by atoms with Crippen molar-refractivity contribution in [2.24, 2.45) is 0 Å². The van der Waals surface area contributed by atoms with Gasteiger partial charge in [-0.25, -0.2) is 0 Å². The molecule has 158 valence electrons. The minimum absolute atomic E-state index is 1.10. The molecule has 3 aromatic carbocycles. The Kier molecular flexibility index (Phi) is 9.10. The van der Waals surface area contributed by atoms with Crippen LogP contribution in [0.5, 0.6) is 0 Å². The summed E-state index contributed by atoms with van der Waals surface area (Å²) in [5, 5.41) is 0. The van der Waals surface area contributed by atoms with E-state index in [1.54, 1.807) is 0 Å². The minimum atomic E-state index is -1.87. The van der Waals surface area contributed by atoms with Crippen molar-refractivity contribution in [1.29, 1.82) is 0 Å². The third kappa shape index (κ3) is 7.39. The average Bonchev–Trinajstić information content (AvgIpc) is 2.75. The zero-order valence-corrected chi connectivity index (χ0v) is 23.2. The zero-order chi connectivity index (χ0) is 22.4. The topological polar surface area (TPSA) is 0 Å². The van der Waals surface area contributed by atoms with Crippen LogP contribution in [0.1, 0.15) is 37.5 Å². The first-order chi connectivity index (χ1) is 14.8. The molecular formula is C27H27S3Sb. The van der Waals surface area contributed by atoms with Crippen molar-refractivity contribution < 1.29 is 0 Å². The summed E-state index contributed by atoms with van der Waals surface area (Å²) in [6.07, 6.45) is 0. The molecule has 3 aromatic rings. The van der Waals surface area contributed by atoms with Gasteiger partial charge in [0.1, 0.15) is 0 Å². The van der Waals surface area contributed by atoms with Crippen molar-refractivity contribution in [3.63, 3.8) is 0 Å². The van der Waals surface area contributed by atoms with Crippen molar-refractivity contribution >= 4 is 59.3 Å². The van der Waals surface area contributed by atoms with Crippen molar-refractivity contribution in [2.45, 2.75) is 35.5 Å². The van der Waals surface area contributed by atoms with E-state index in [9.17, 15) is 0 Å². The molecule has 0 aliphatic heterocycles. The van der Waals surface area contributed by atoms with Gasteiger partial charge in [-0.1, -0.05) is 0 Å². The molecule has 0 fully saturated rings. The Morgan fingerprint density at radius 1 is 0.484 bits per heavy atom. The van der Waals surface area contributed by atoms with Gasteiger partial charge < -0.3 is 0 Å². The summed E-state index contributed by atoms with van der Waals surface area (Å²) < 4.78 is 0. The van der Waals surface area contributed by atoms with E-state index in [0.717, 1.165) is 16.7 Å². The van der Waals surface area contributed by atoms with E-state index in [1.165, 1.54) is 31.4 Å². The molecular weight excluding hydrogens is 542 g/mol. The number of benzene rings is 3. The van der Waals surface area contributed by atoms with Crippen LogP contribution in [0.25, 0.3) is 16.7 Å². The fraction of sp³-hybridized carbons (Fsp3) is 0.111. The molecule has 0 aliphatic carbocycles. The SMILES string of the molecule is C=C(C)c1ccc([S][Sb]([S]c2ccc(C(=C)C)cc2)[S]c2ccc(C(=C)C)cc2)cc1. The molecule has 0 saturated carbocycles. The number of allylic oxidation sites excluding steroid dienone is 3. The van der Waals surface area contributed by atoms with E-state index in [4.69, 9.17) is 0 Å². The Balaban J connectivity index is 1.80. The summed E-state index contributed by atoms with van der Waals surface area (Å²) in [5.41, 5.74) is 6.94.